The third kappa shape index (κ3) is 3.81. The Kier molecular flexibility index (Phi) is 5.71. The molecule has 0 radical (unpaired) electrons. The van der Waals surface area contributed by atoms with Crippen molar-refractivity contribution >= 4 is 35.2 Å². The first kappa shape index (κ1) is 18.1. The smallest absolute Gasteiger partial charge is 0.244 e. The first-order valence-electron chi connectivity index (χ1n) is 7.40. The van der Waals surface area contributed by atoms with Crippen LogP contribution < -0.4 is 14.8 Å². The zero-order valence-corrected chi connectivity index (χ0v) is 14.8. The van der Waals surface area contributed by atoms with Gasteiger partial charge in [-0.15, -0.1) is 11.8 Å². The summed E-state index contributed by atoms with van der Waals surface area (Å²) in [4.78, 5) is 37.5. The van der Waals surface area contributed by atoms with Crippen molar-refractivity contribution in [2.75, 3.05) is 26.1 Å². The van der Waals surface area contributed by atoms with Crippen LogP contribution in [0.4, 0.5) is 5.69 Å². The Labute approximate surface area is 144 Å². The van der Waals surface area contributed by atoms with Gasteiger partial charge in [0.1, 0.15) is 18.0 Å². The molecule has 1 aliphatic heterocycles. The Morgan fingerprint density at radius 3 is 2.33 bits per heavy atom. The molecule has 24 heavy (non-hydrogen) atoms. The van der Waals surface area contributed by atoms with Gasteiger partial charge in [0.2, 0.25) is 17.7 Å². The van der Waals surface area contributed by atoms with Gasteiger partial charge in [-0.05, 0) is 26.0 Å². The number of hydrogen-bond acceptors (Lipinski definition) is 6. The van der Waals surface area contributed by atoms with Crippen LogP contribution in [0, 0.1) is 0 Å². The van der Waals surface area contributed by atoms with E-state index < -0.39 is 5.91 Å². The van der Waals surface area contributed by atoms with Crippen molar-refractivity contribution < 1.29 is 23.9 Å². The maximum absolute atomic E-state index is 12.3. The van der Waals surface area contributed by atoms with Crippen LogP contribution in [-0.4, -0.2) is 53.9 Å². The van der Waals surface area contributed by atoms with Gasteiger partial charge in [-0.3, -0.25) is 19.3 Å². The number of carbonyl (C=O) groups is 3. The van der Waals surface area contributed by atoms with E-state index in [0.717, 1.165) is 4.90 Å². The van der Waals surface area contributed by atoms with E-state index in [1.165, 1.54) is 26.0 Å². The molecule has 3 amide bonds. The molecule has 2 atom stereocenters. The molecule has 0 saturated carbocycles. The molecule has 0 bridgehead atoms. The fourth-order valence-electron chi connectivity index (χ4n) is 2.36. The van der Waals surface area contributed by atoms with Gasteiger partial charge in [-0.2, -0.15) is 0 Å². The summed E-state index contributed by atoms with van der Waals surface area (Å²) in [5.41, 5.74) is 0.440. The lowest BCUT2D eigenvalue weighted by Gasteiger charge is -2.31. The van der Waals surface area contributed by atoms with Crippen molar-refractivity contribution in [1.29, 1.82) is 0 Å². The second-order valence-corrected chi connectivity index (χ2v) is 6.98. The molecule has 7 nitrogen and oxygen atoms in total. The fourth-order valence-corrected chi connectivity index (χ4v) is 3.46. The highest BCUT2D eigenvalue weighted by atomic mass is 32.2. The lowest BCUT2D eigenvalue weighted by molar-refractivity contribution is -0.147. The number of rotatable bonds is 5. The second-order valence-electron chi connectivity index (χ2n) is 5.30. The van der Waals surface area contributed by atoms with Gasteiger partial charge in [-0.25, -0.2) is 0 Å². The van der Waals surface area contributed by atoms with Gasteiger partial charge in [-0.1, -0.05) is 0 Å². The van der Waals surface area contributed by atoms with Crippen LogP contribution in [-0.2, 0) is 14.4 Å². The van der Waals surface area contributed by atoms with E-state index in [2.05, 4.69) is 5.32 Å². The van der Waals surface area contributed by atoms with Crippen molar-refractivity contribution in [1.82, 2.24) is 4.90 Å². The van der Waals surface area contributed by atoms with Crippen LogP contribution in [0.2, 0.25) is 0 Å². The minimum Gasteiger partial charge on any atom is -0.497 e. The van der Waals surface area contributed by atoms with Crippen LogP contribution in [0.25, 0.3) is 0 Å². The molecule has 1 fully saturated rings. The maximum atomic E-state index is 12.3. The molecule has 0 aromatic heterocycles. The van der Waals surface area contributed by atoms with E-state index in [-0.39, 0.29) is 28.9 Å². The van der Waals surface area contributed by atoms with Crippen molar-refractivity contribution in [3.05, 3.63) is 18.2 Å². The summed E-state index contributed by atoms with van der Waals surface area (Å²) in [6, 6.07) is 4.94. The number of imide groups is 1. The van der Waals surface area contributed by atoms with Gasteiger partial charge in [0.15, 0.2) is 0 Å². The van der Waals surface area contributed by atoms with Crippen LogP contribution >= 0.6 is 11.8 Å². The third-order valence-corrected chi connectivity index (χ3v) is 4.84. The number of hydrogen-bond donors (Lipinski definition) is 1. The first-order chi connectivity index (χ1) is 11.4. The Hall–Kier alpha value is -2.22. The average Bonchev–Trinajstić information content (AvgIpc) is 2.57. The molecule has 0 aliphatic carbocycles. The van der Waals surface area contributed by atoms with E-state index in [4.69, 9.17) is 9.47 Å². The quantitative estimate of drug-likeness (QED) is 0.809. The van der Waals surface area contributed by atoms with Crippen LogP contribution in [0.5, 0.6) is 11.5 Å². The number of nitrogens with zero attached hydrogens (tertiary/aromatic N) is 1. The van der Waals surface area contributed by atoms with E-state index in [1.54, 1.807) is 32.0 Å². The zero-order chi connectivity index (χ0) is 17.9. The summed E-state index contributed by atoms with van der Waals surface area (Å²) in [6.45, 7) is 3.14. The van der Waals surface area contributed by atoms with Crippen molar-refractivity contribution in [3.8, 4) is 11.5 Å². The first-order valence-corrected chi connectivity index (χ1v) is 8.34. The SMILES string of the molecule is COc1ccc(NC(=O)CN2C(=O)C(C)SC(C)C2=O)c(OC)c1. The maximum Gasteiger partial charge on any atom is 0.244 e. The van der Waals surface area contributed by atoms with Crippen molar-refractivity contribution in [2.24, 2.45) is 0 Å². The number of ether oxygens (including phenoxy) is 2. The van der Waals surface area contributed by atoms with E-state index >= 15 is 0 Å². The molecule has 1 heterocycles. The topological polar surface area (TPSA) is 84.9 Å². The standard InChI is InChI=1S/C16H20N2O5S/c1-9-15(20)18(16(21)10(2)24-9)8-14(19)17-12-6-5-11(22-3)7-13(12)23-4/h5-7,9-10H,8H2,1-4H3,(H,17,19). The van der Waals surface area contributed by atoms with Crippen molar-refractivity contribution in [2.45, 2.75) is 24.3 Å². The largest absolute Gasteiger partial charge is 0.497 e. The third-order valence-electron chi connectivity index (χ3n) is 3.62. The number of anilines is 1. The van der Waals surface area contributed by atoms with E-state index in [9.17, 15) is 14.4 Å². The number of carbonyl (C=O) groups excluding carboxylic acids is 3. The van der Waals surface area contributed by atoms with E-state index in [0.29, 0.717) is 17.2 Å². The molecule has 1 aromatic carbocycles. The fraction of sp³-hybridized carbons (Fsp3) is 0.438. The van der Waals surface area contributed by atoms with Gasteiger partial charge in [0.05, 0.1) is 30.4 Å². The summed E-state index contributed by atoms with van der Waals surface area (Å²) < 4.78 is 10.3. The summed E-state index contributed by atoms with van der Waals surface area (Å²) in [5, 5.41) is 1.97. The number of benzene rings is 1. The van der Waals surface area contributed by atoms with Crippen LogP contribution in [0.3, 0.4) is 0 Å². The Morgan fingerprint density at radius 2 is 1.79 bits per heavy atom. The second kappa shape index (κ2) is 7.57. The van der Waals surface area contributed by atoms with E-state index in [1.807, 2.05) is 0 Å². The Bertz CT molecular complexity index is 644. The molecule has 8 heteroatoms. The number of nitrogens with one attached hydrogen (secondary N) is 1. The van der Waals surface area contributed by atoms with Gasteiger partial charge >= 0.3 is 0 Å². The summed E-state index contributed by atoms with van der Waals surface area (Å²) in [5.74, 6) is -0.145. The molecule has 0 spiro atoms. The number of amides is 3. The summed E-state index contributed by atoms with van der Waals surface area (Å²) >= 11 is 1.30. The lowest BCUT2D eigenvalue weighted by atomic mass is 10.2. The average molecular weight is 352 g/mol. The highest BCUT2D eigenvalue weighted by Crippen LogP contribution is 2.30. The predicted octanol–water partition coefficient (Wildman–Crippen LogP) is 1.52. The minimum atomic E-state index is -0.466. The van der Waals surface area contributed by atoms with Gasteiger partial charge < -0.3 is 14.8 Å². The molecule has 1 aliphatic rings. The number of thioether (sulfide) groups is 1. The zero-order valence-electron chi connectivity index (χ0n) is 14.0. The Balaban J connectivity index is 2.10. The molecular weight excluding hydrogens is 332 g/mol. The number of methoxy groups -OCH3 is 2. The molecule has 130 valence electrons. The summed E-state index contributed by atoms with van der Waals surface area (Å²) in [6.07, 6.45) is 0. The lowest BCUT2D eigenvalue weighted by Crippen LogP contribution is -2.52. The Morgan fingerprint density at radius 1 is 1.17 bits per heavy atom. The van der Waals surface area contributed by atoms with Crippen LogP contribution in [0.15, 0.2) is 18.2 Å². The highest BCUT2D eigenvalue weighted by molar-refractivity contribution is 8.02. The highest BCUT2D eigenvalue weighted by Gasteiger charge is 2.38. The van der Waals surface area contributed by atoms with Gasteiger partial charge in [0.25, 0.3) is 0 Å². The molecule has 2 rings (SSSR count). The predicted molar refractivity (Wildman–Crippen MR) is 91.4 cm³/mol. The monoisotopic (exact) mass is 352 g/mol. The van der Waals surface area contributed by atoms with Gasteiger partial charge in [0, 0.05) is 6.07 Å². The molecular formula is C16H20N2O5S. The molecule has 2 unspecified atom stereocenters. The molecule has 1 aromatic rings. The molecule has 1 N–H and O–H groups in total. The normalized spacial score (nSPS) is 20.8. The minimum absolute atomic E-state index is 0.317. The van der Waals surface area contributed by atoms with Crippen LogP contribution in [0.1, 0.15) is 13.8 Å². The summed E-state index contributed by atoms with van der Waals surface area (Å²) in [7, 11) is 3.00. The molecule has 1 saturated heterocycles. The van der Waals surface area contributed by atoms with Crippen molar-refractivity contribution in [3.63, 3.8) is 0 Å².